The monoisotopic (exact) mass is 328 g/mol. The Morgan fingerprint density at radius 3 is 2.50 bits per heavy atom. The van der Waals surface area contributed by atoms with Gasteiger partial charge in [-0.2, -0.15) is 0 Å². The van der Waals surface area contributed by atoms with E-state index in [0.717, 1.165) is 18.7 Å². The van der Waals surface area contributed by atoms with Crippen LogP contribution in [0, 0.1) is 0 Å². The smallest absolute Gasteiger partial charge is 0.0671 e. The van der Waals surface area contributed by atoms with Crippen molar-refractivity contribution >= 4 is 5.57 Å². The highest BCUT2D eigenvalue weighted by Gasteiger charge is 2.19. The molecule has 0 aromatic carbocycles. The van der Waals surface area contributed by atoms with E-state index >= 15 is 0 Å². The van der Waals surface area contributed by atoms with Gasteiger partial charge in [0.15, 0.2) is 0 Å². The van der Waals surface area contributed by atoms with E-state index in [-0.39, 0.29) is 0 Å². The Kier molecular flexibility index (Phi) is 6.41. The molecular weight excluding hydrogens is 296 g/mol. The van der Waals surface area contributed by atoms with Crippen LogP contribution < -0.4 is 0 Å². The predicted molar refractivity (Wildman–Crippen MR) is 101 cm³/mol. The van der Waals surface area contributed by atoms with Gasteiger partial charge in [0.1, 0.15) is 0 Å². The highest BCUT2D eigenvalue weighted by molar-refractivity contribution is 5.64. The van der Waals surface area contributed by atoms with Crippen molar-refractivity contribution in [2.45, 2.75) is 32.7 Å². The van der Waals surface area contributed by atoms with Crippen LogP contribution in [-0.2, 0) is 0 Å². The van der Waals surface area contributed by atoms with Gasteiger partial charge < -0.3 is 4.90 Å². The molecule has 2 aliphatic heterocycles. The van der Waals surface area contributed by atoms with E-state index < -0.39 is 0 Å². The molecule has 1 saturated heterocycles. The van der Waals surface area contributed by atoms with Crippen LogP contribution in [-0.4, -0.2) is 78.1 Å². The Morgan fingerprint density at radius 1 is 1.00 bits per heavy atom. The van der Waals surface area contributed by atoms with Crippen LogP contribution in [0.5, 0.6) is 0 Å². The molecule has 0 spiro atoms. The third-order valence-electron chi connectivity index (χ3n) is 5.31. The van der Waals surface area contributed by atoms with Gasteiger partial charge in [0, 0.05) is 51.5 Å². The third-order valence-corrected chi connectivity index (χ3v) is 5.31. The maximum Gasteiger partial charge on any atom is 0.0671 e. The normalized spacial score (nSPS) is 21.2. The largest absolute Gasteiger partial charge is 0.301 e. The van der Waals surface area contributed by atoms with Crippen LogP contribution in [0.25, 0.3) is 5.57 Å². The first kappa shape index (κ1) is 17.6. The number of nitrogens with zero attached hydrogens (tertiary/aromatic N) is 4. The van der Waals surface area contributed by atoms with Crippen molar-refractivity contribution in [2.24, 2.45) is 0 Å². The van der Waals surface area contributed by atoms with Gasteiger partial charge in [-0.05, 0) is 57.5 Å². The first-order valence-electron chi connectivity index (χ1n) is 9.51. The molecule has 0 atom stereocenters. The van der Waals surface area contributed by atoms with Gasteiger partial charge in [-0.3, -0.25) is 14.8 Å². The highest BCUT2D eigenvalue weighted by atomic mass is 15.3. The zero-order valence-electron chi connectivity index (χ0n) is 15.3. The van der Waals surface area contributed by atoms with E-state index in [1.165, 1.54) is 57.8 Å². The summed E-state index contributed by atoms with van der Waals surface area (Å²) in [6.07, 6.45) is 6.69. The van der Waals surface area contributed by atoms with Gasteiger partial charge in [-0.25, -0.2) is 0 Å². The summed E-state index contributed by atoms with van der Waals surface area (Å²) in [6, 6.07) is 6.89. The average Bonchev–Trinajstić information content (AvgIpc) is 2.63. The predicted octanol–water partition coefficient (Wildman–Crippen LogP) is 2.59. The minimum atomic E-state index is 0.692. The number of piperazine rings is 1. The second kappa shape index (κ2) is 8.75. The molecule has 0 N–H and O–H groups in total. The Balaban J connectivity index is 1.38. The zero-order chi connectivity index (χ0) is 16.8. The number of hydrogen-bond acceptors (Lipinski definition) is 4. The topological polar surface area (TPSA) is 22.6 Å². The lowest BCUT2D eigenvalue weighted by atomic mass is 10.1. The standard InChI is InChI=1S/C20H32N4/c1-18(2)24-15-13-22(14-16-24)11-6-12-23-10-5-7-19(17-23)20-8-3-4-9-21-20/h3-4,7-9,18H,5-6,10-17H2,1-2H3. The van der Waals surface area contributed by atoms with Gasteiger partial charge in [-0.1, -0.05) is 12.1 Å². The van der Waals surface area contributed by atoms with Crippen molar-refractivity contribution in [1.29, 1.82) is 0 Å². The first-order valence-corrected chi connectivity index (χ1v) is 9.51. The summed E-state index contributed by atoms with van der Waals surface area (Å²) in [4.78, 5) is 12.3. The Morgan fingerprint density at radius 2 is 1.79 bits per heavy atom. The van der Waals surface area contributed by atoms with Crippen LogP contribution in [0.4, 0.5) is 0 Å². The molecule has 0 amide bonds. The quantitative estimate of drug-likeness (QED) is 0.800. The van der Waals surface area contributed by atoms with Crippen LogP contribution in [0.1, 0.15) is 32.4 Å². The number of pyridine rings is 1. The molecular formula is C20H32N4. The first-order chi connectivity index (χ1) is 11.7. The summed E-state index contributed by atoms with van der Waals surface area (Å²) < 4.78 is 0. The van der Waals surface area contributed by atoms with Crippen molar-refractivity contribution < 1.29 is 0 Å². The molecule has 0 saturated carbocycles. The van der Waals surface area contributed by atoms with Crippen LogP contribution in [0.2, 0.25) is 0 Å². The number of aromatic nitrogens is 1. The minimum Gasteiger partial charge on any atom is -0.301 e. The minimum absolute atomic E-state index is 0.692. The van der Waals surface area contributed by atoms with Crippen LogP contribution in [0.15, 0.2) is 30.5 Å². The van der Waals surface area contributed by atoms with Crippen LogP contribution in [0.3, 0.4) is 0 Å². The summed E-state index contributed by atoms with van der Waals surface area (Å²) >= 11 is 0. The summed E-state index contributed by atoms with van der Waals surface area (Å²) in [6.45, 7) is 14.2. The molecule has 2 aliphatic rings. The van der Waals surface area contributed by atoms with Gasteiger partial charge in [0.2, 0.25) is 0 Å². The van der Waals surface area contributed by atoms with E-state index in [1.807, 2.05) is 12.3 Å². The lowest BCUT2D eigenvalue weighted by molar-refractivity contribution is 0.105. The second-order valence-electron chi connectivity index (χ2n) is 7.33. The molecule has 24 heavy (non-hydrogen) atoms. The van der Waals surface area contributed by atoms with Crippen molar-refractivity contribution in [2.75, 3.05) is 52.4 Å². The number of rotatable bonds is 6. The fourth-order valence-corrected chi connectivity index (χ4v) is 3.76. The molecule has 1 aromatic heterocycles. The molecule has 4 nitrogen and oxygen atoms in total. The van der Waals surface area contributed by atoms with Crippen molar-refractivity contribution in [3.63, 3.8) is 0 Å². The van der Waals surface area contributed by atoms with E-state index in [0.29, 0.717) is 6.04 Å². The SMILES string of the molecule is CC(C)N1CCN(CCCN2CCC=C(c3ccccn3)C2)CC1. The maximum absolute atomic E-state index is 4.50. The lowest BCUT2D eigenvalue weighted by Gasteiger charge is -2.37. The third kappa shape index (κ3) is 4.88. The molecule has 0 bridgehead atoms. The molecule has 3 rings (SSSR count). The molecule has 1 fully saturated rings. The van der Waals surface area contributed by atoms with Gasteiger partial charge in [-0.15, -0.1) is 0 Å². The van der Waals surface area contributed by atoms with Crippen molar-refractivity contribution in [3.8, 4) is 0 Å². The summed E-state index contributed by atoms with van der Waals surface area (Å²) in [5.41, 5.74) is 2.54. The van der Waals surface area contributed by atoms with Gasteiger partial charge in [0.25, 0.3) is 0 Å². The van der Waals surface area contributed by atoms with E-state index in [4.69, 9.17) is 0 Å². The zero-order valence-corrected chi connectivity index (χ0v) is 15.3. The molecule has 3 heterocycles. The molecule has 0 radical (unpaired) electrons. The Hall–Kier alpha value is -1.23. The second-order valence-corrected chi connectivity index (χ2v) is 7.33. The van der Waals surface area contributed by atoms with Gasteiger partial charge in [0.05, 0.1) is 5.69 Å². The van der Waals surface area contributed by atoms with E-state index in [9.17, 15) is 0 Å². The highest BCUT2D eigenvalue weighted by Crippen LogP contribution is 2.19. The summed E-state index contributed by atoms with van der Waals surface area (Å²) in [7, 11) is 0. The maximum atomic E-state index is 4.50. The Bertz CT molecular complexity index is 518. The van der Waals surface area contributed by atoms with Gasteiger partial charge >= 0.3 is 0 Å². The van der Waals surface area contributed by atoms with E-state index in [1.54, 1.807) is 0 Å². The fraction of sp³-hybridized carbons (Fsp3) is 0.650. The van der Waals surface area contributed by atoms with E-state index in [2.05, 4.69) is 51.7 Å². The molecule has 1 aromatic rings. The molecule has 132 valence electrons. The molecule has 4 heteroatoms. The summed E-state index contributed by atoms with van der Waals surface area (Å²) in [5, 5.41) is 0. The fourth-order valence-electron chi connectivity index (χ4n) is 3.76. The van der Waals surface area contributed by atoms with Crippen molar-refractivity contribution in [3.05, 3.63) is 36.2 Å². The summed E-state index contributed by atoms with van der Waals surface area (Å²) in [5.74, 6) is 0. The molecule has 0 aliphatic carbocycles. The number of hydrogen-bond donors (Lipinski definition) is 0. The average molecular weight is 329 g/mol. The van der Waals surface area contributed by atoms with Crippen molar-refractivity contribution in [1.82, 2.24) is 19.7 Å². The lowest BCUT2D eigenvalue weighted by Crippen LogP contribution is -2.49. The molecule has 0 unspecified atom stereocenters. The van der Waals surface area contributed by atoms with Crippen LogP contribution >= 0.6 is 0 Å². The Labute approximate surface area is 147 Å².